The number of halogens is 1. The lowest BCUT2D eigenvalue weighted by molar-refractivity contribution is 0.0697. The molecule has 1 rings (SSSR count). The van der Waals surface area contributed by atoms with E-state index >= 15 is 0 Å². The Morgan fingerprint density at radius 3 is 2.67 bits per heavy atom. The van der Waals surface area contributed by atoms with Crippen molar-refractivity contribution in [3.8, 4) is 0 Å². The monoisotopic (exact) mass is 314 g/mol. The van der Waals surface area contributed by atoms with Crippen LogP contribution in [-0.4, -0.2) is 23.7 Å². The Morgan fingerprint density at radius 1 is 1.39 bits per heavy atom. The Labute approximate surface area is 114 Å². The Kier molecular flexibility index (Phi) is 5.64. The molecule has 0 saturated carbocycles. The van der Waals surface area contributed by atoms with Gasteiger partial charge in [0.05, 0.1) is 11.3 Å². The van der Waals surface area contributed by atoms with Crippen LogP contribution in [0.25, 0.3) is 0 Å². The third-order valence-electron chi connectivity index (χ3n) is 2.28. The van der Waals surface area contributed by atoms with Crippen molar-refractivity contribution in [2.24, 2.45) is 0 Å². The van der Waals surface area contributed by atoms with Gasteiger partial charge >= 0.3 is 12.0 Å². The molecule has 0 bridgehead atoms. The number of hydrogen-bond acceptors (Lipinski definition) is 2. The summed E-state index contributed by atoms with van der Waals surface area (Å²) in [4.78, 5) is 22.2. The molecule has 0 heterocycles. The highest BCUT2D eigenvalue weighted by Gasteiger charge is 2.08. The van der Waals surface area contributed by atoms with E-state index in [4.69, 9.17) is 5.11 Å². The van der Waals surface area contributed by atoms with Crippen molar-refractivity contribution in [2.75, 3.05) is 11.9 Å². The normalized spacial score (nSPS) is 9.89. The molecule has 0 atom stereocenters. The molecule has 0 saturated heterocycles. The third kappa shape index (κ3) is 4.37. The first kappa shape index (κ1) is 14.5. The van der Waals surface area contributed by atoms with Gasteiger partial charge in [-0.3, -0.25) is 0 Å². The minimum atomic E-state index is -1.00. The topological polar surface area (TPSA) is 78.4 Å². The molecule has 2 amide bonds. The summed E-state index contributed by atoms with van der Waals surface area (Å²) >= 11 is 3.22. The standard InChI is InChI=1S/C12H15BrN2O3/c1-2-3-6-14-12(18)15-10-5-4-8(11(16)17)7-9(10)13/h4-5,7H,2-3,6H2,1H3,(H,16,17)(H2,14,15,18). The van der Waals surface area contributed by atoms with E-state index < -0.39 is 5.97 Å². The van der Waals surface area contributed by atoms with Gasteiger partial charge in [0, 0.05) is 11.0 Å². The number of hydrogen-bond donors (Lipinski definition) is 3. The molecular weight excluding hydrogens is 300 g/mol. The molecule has 6 heteroatoms. The third-order valence-corrected chi connectivity index (χ3v) is 2.94. The van der Waals surface area contributed by atoms with Gasteiger partial charge in [-0.05, 0) is 40.5 Å². The largest absolute Gasteiger partial charge is 0.478 e. The molecule has 98 valence electrons. The van der Waals surface area contributed by atoms with Gasteiger partial charge in [0.1, 0.15) is 0 Å². The molecule has 1 aromatic rings. The maximum absolute atomic E-state index is 11.5. The number of benzene rings is 1. The Bertz CT molecular complexity index is 449. The average Bonchev–Trinajstić information content (AvgIpc) is 2.32. The lowest BCUT2D eigenvalue weighted by atomic mass is 10.2. The second kappa shape index (κ2) is 7.00. The summed E-state index contributed by atoms with van der Waals surface area (Å²) in [5.41, 5.74) is 0.702. The molecule has 5 nitrogen and oxygen atoms in total. The SMILES string of the molecule is CCCCNC(=O)Nc1ccc(C(=O)O)cc1Br. The fraction of sp³-hybridized carbons (Fsp3) is 0.333. The van der Waals surface area contributed by atoms with Crippen LogP contribution in [0.1, 0.15) is 30.1 Å². The summed E-state index contributed by atoms with van der Waals surface area (Å²) in [7, 11) is 0. The van der Waals surface area contributed by atoms with Crippen molar-refractivity contribution in [1.29, 1.82) is 0 Å². The van der Waals surface area contributed by atoms with Crippen LogP contribution in [0.15, 0.2) is 22.7 Å². The first-order chi connectivity index (χ1) is 8.54. The van der Waals surface area contributed by atoms with Gasteiger partial charge in [-0.25, -0.2) is 9.59 Å². The predicted molar refractivity (Wildman–Crippen MR) is 73.0 cm³/mol. The van der Waals surface area contributed by atoms with Crippen molar-refractivity contribution in [3.05, 3.63) is 28.2 Å². The fourth-order valence-electron chi connectivity index (χ4n) is 1.29. The van der Waals surface area contributed by atoms with Crippen LogP contribution >= 0.6 is 15.9 Å². The zero-order chi connectivity index (χ0) is 13.5. The van der Waals surface area contributed by atoms with E-state index in [1.54, 1.807) is 6.07 Å². The van der Waals surface area contributed by atoms with E-state index in [1.807, 2.05) is 6.92 Å². The van der Waals surface area contributed by atoms with E-state index in [1.165, 1.54) is 12.1 Å². The molecule has 18 heavy (non-hydrogen) atoms. The zero-order valence-electron chi connectivity index (χ0n) is 10.00. The van der Waals surface area contributed by atoms with Crippen molar-refractivity contribution >= 4 is 33.6 Å². The van der Waals surface area contributed by atoms with Crippen LogP contribution in [0.3, 0.4) is 0 Å². The molecule has 0 unspecified atom stereocenters. The Hall–Kier alpha value is -1.56. The molecule has 3 N–H and O–H groups in total. The van der Waals surface area contributed by atoms with Crippen molar-refractivity contribution in [2.45, 2.75) is 19.8 Å². The van der Waals surface area contributed by atoms with Crippen LogP contribution in [0.4, 0.5) is 10.5 Å². The van der Waals surface area contributed by atoms with Crippen LogP contribution in [-0.2, 0) is 0 Å². The van der Waals surface area contributed by atoms with E-state index in [0.717, 1.165) is 12.8 Å². The highest BCUT2D eigenvalue weighted by Crippen LogP contribution is 2.23. The van der Waals surface area contributed by atoms with Crippen LogP contribution in [0.2, 0.25) is 0 Å². The van der Waals surface area contributed by atoms with Crippen LogP contribution in [0.5, 0.6) is 0 Å². The molecule has 0 fully saturated rings. The van der Waals surface area contributed by atoms with Crippen molar-refractivity contribution in [1.82, 2.24) is 5.32 Å². The number of carboxylic acid groups (broad SMARTS) is 1. The molecule has 0 aliphatic carbocycles. The number of carboxylic acids is 1. The summed E-state index contributed by atoms with van der Waals surface area (Å²) in [5.74, 6) is -1.00. The van der Waals surface area contributed by atoms with Gasteiger partial charge in [0.25, 0.3) is 0 Å². The number of aromatic carboxylic acids is 1. The number of carbonyl (C=O) groups excluding carboxylic acids is 1. The van der Waals surface area contributed by atoms with Gasteiger partial charge in [0.2, 0.25) is 0 Å². The number of urea groups is 1. The first-order valence-electron chi connectivity index (χ1n) is 5.62. The summed E-state index contributed by atoms with van der Waals surface area (Å²) in [6, 6.07) is 4.14. The van der Waals surface area contributed by atoms with E-state index in [0.29, 0.717) is 16.7 Å². The number of amides is 2. The van der Waals surface area contributed by atoms with Crippen molar-refractivity contribution in [3.63, 3.8) is 0 Å². The van der Waals surface area contributed by atoms with Crippen molar-refractivity contribution < 1.29 is 14.7 Å². The van der Waals surface area contributed by atoms with E-state index in [2.05, 4.69) is 26.6 Å². The second-order valence-electron chi connectivity index (χ2n) is 3.73. The van der Waals surface area contributed by atoms with E-state index in [9.17, 15) is 9.59 Å². The summed E-state index contributed by atoms with van der Waals surface area (Å²) in [5, 5.41) is 14.2. The highest BCUT2D eigenvalue weighted by molar-refractivity contribution is 9.10. The quantitative estimate of drug-likeness (QED) is 0.731. The highest BCUT2D eigenvalue weighted by atomic mass is 79.9. The van der Waals surface area contributed by atoms with Crippen LogP contribution in [0, 0.1) is 0 Å². The fourth-order valence-corrected chi connectivity index (χ4v) is 1.77. The van der Waals surface area contributed by atoms with Gasteiger partial charge < -0.3 is 15.7 Å². The van der Waals surface area contributed by atoms with Crippen LogP contribution < -0.4 is 10.6 Å². The maximum atomic E-state index is 11.5. The number of rotatable bonds is 5. The van der Waals surface area contributed by atoms with Gasteiger partial charge in [-0.1, -0.05) is 13.3 Å². The molecule has 0 aliphatic heterocycles. The molecular formula is C12H15BrN2O3. The summed E-state index contributed by atoms with van der Waals surface area (Å²) < 4.78 is 0.535. The lowest BCUT2D eigenvalue weighted by Gasteiger charge is -2.09. The molecule has 0 radical (unpaired) electrons. The summed E-state index contributed by atoms with van der Waals surface area (Å²) in [6.45, 7) is 2.66. The van der Waals surface area contributed by atoms with Gasteiger partial charge in [-0.15, -0.1) is 0 Å². The molecule has 0 spiro atoms. The number of anilines is 1. The molecule has 1 aromatic carbocycles. The lowest BCUT2D eigenvalue weighted by Crippen LogP contribution is -2.29. The van der Waals surface area contributed by atoms with Gasteiger partial charge in [0.15, 0.2) is 0 Å². The molecule has 0 aromatic heterocycles. The second-order valence-corrected chi connectivity index (χ2v) is 4.59. The van der Waals surface area contributed by atoms with Gasteiger partial charge in [-0.2, -0.15) is 0 Å². The zero-order valence-corrected chi connectivity index (χ0v) is 11.6. The maximum Gasteiger partial charge on any atom is 0.335 e. The average molecular weight is 315 g/mol. The molecule has 0 aliphatic rings. The minimum absolute atomic E-state index is 0.166. The predicted octanol–water partition coefficient (Wildman–Crippen LogP) is 3.07. The Balaban J connectivity index is 2.62. The van der Waals surface area contributed by atoms with E-state index in [-0.39, 0.29) is 11.6 Å². The first-order valence-corrected chi connectivity index (χ1v) is 6.41. The number of nitrogens with one attached hydrogen (secondary N) is 2. The minimum Gasteiger partial charge on any atom is -0.478 e. The summed E-state index contributed by atoms with van der Waals surface area (Å²) in [6.07, 6.45) is 1.93. The number of carbonyl (C=O) groups is 2. The number of unbranched alkanes of at least 4 members (excludes halogenated alkanes) is 1. The smallest absolute Gasteiger partial charge is 0.335 e. The Morgan fingerprint density at radius 2 is 2.11 bits per heavy atom.